The van der Waals surface area contributed by atoms with Gasteiger partial charge in [-0.25, -0.2) is 0 Å². The van der Waals surface area contributed by atoms with Crippen LogP contribution in [-0.2, 0) is 4.74 Å². The Hall–Kier alpha value is -1.72. The van der Waals surface area contributed by atoms with E-state index in [2.05, 4.69) is 16.6 Å². The van der Waals surface area contributed by atoms with Crippen LogP contribution in [0.3, 0.4) is 0 Å². The van der Waals surface area contributed by atoms with Crippen molar-refractivity contribution in [3.05, 3.63) is 36.1 Å². The number of ether oxygens (including phenoxy) is 1. The smallest absolute Gasteiger partial charge is 0.111 e. The number of methoxy groups -OCH3 is 1. The standard InChI is InChI=1S/C14H24N4O/c1-6-12(8-7-10(2)19-5)14(17-4)13(11(3)16)18-9-15/h6-8,11H,2,9,15-16H2,1,3-5H3/b8-7-,12-6+,17-14?,18-13?. The molecule has 0 fully saturated rings. The Morgan fingerprint density at radius 1 is 1.42 bits per heavy atom. The Bertz CT molecular complexity index is 417. The largest absolute Gasteiger partial charge is 0.497 e. The molecule has 0 amide bonds. The fourth-order valence-corrected chi connectivity index (χ4v) is 1.49. The summed E-state index contributed by atoms with van der Waals surface area (Å²) in [6.45, 7) is 7.68. The van der Waals surface area contributed by atoms with Gasteiger partial charge in [0.2, 0.25) is 0 Å². The van der Waals surface area contributed by atoms with Crippen molar-refractivity contribution in [3.8, 4) is 0 Å². The highest BCUT2D eigenvalue weighted by Gasteiger charge is 2.15. The number of allylic oxidation sites excluding steroid dienone is 4. The summed E-state index contributed by atoms with van der Waals surface area (Å²) in [5.74, 6) is 0.563. The van der Waals surface area contributed by atoms with Crippen molar-refractivity contribution in [2.75, 3.05) is 20.8 Å². The third kappa shape index (κ3) is 5.63. The van der Waals surface area contributed by atoms with Gasteiger partial charge >= 0.3 is 0 Å². The number of aliphatic imine (C=N–C) groups is 2. The second-order valence-corrected chi connectivity index (χ2v) is 3.83. The van der Waals surface area contributed by atoms with E-state index in [-0.39, 0.29) is 12.7 Å². The molecule has 0 aromatic heterocycles. The molecule has 0 radical (unpaired) electrons. The highest BCUT2D eigenvalue weighted by Crippen LogP contribution is 2.07. The molecule has 5 nitrogen and oxygen atoms in total. The molecular weight excluding hydrogens is 240 g/mol. The van der Waals surface area contributed by atoms with Gasteiger partial charge in [0.15, 0.2) is 0 Å². The van der Waals surface area contributed by atoms with Gasteiger partial charge in [-0.2, -0.15) is 0 Å². The predicted octanol–water partition coefficient (Wildman–Crippen LogP) is 1.42. The monoisotopic (exact) mass is 264 g/mol. The molecular formula is C14H24N4O. The zero-order valence-electron chi connectivity index (χ0n) is 12.2. The fourth-order valence-electron chi connectivity index (χ4n) is 1.49. The van der Waals surface area contributed by atoms with Gasteiger partial charge in [-0.05, 0) is 31.6 Å². The van der Waals surface area contributed by atoms with Crippen molar-refractivity contribution in [1.29, 1.82) is 0 Å². The first-order valence-corrected chi connectivity index (χ1v) is 6.06. The van der Waals surface area contributed by atoms with Crippen LogP contribution in [0.5, 0.6) is 0 Å². The molecule has 5 heteroatoms. The third-order valence-electron chi connectivity index (χ3n) is 2.45. The number of nitrogens with zero attached hydrogens (tertiary/aromatic N) is 2. The van der Waals surface area contributed by atoms with Crippen LogP contribution in [-0.4, -0.2) is 38.3 Å². The second kappa shape index (κ2) is 9.24. The maximum absolute atomic E-state index is 5.91. The molecule has 0 spiro atoms. The van der Waals surface area contributed by atoms with E-state index in [1.807, 2.05) is 26.0 Å². The summed E-state index contributed by atoms with van der Waals surface area (Å²) < 4.78 is 4.99. The Labute approximate surface area is 115 Å². The molecule has 106 valence electrons. The lowest BCUT2D eigenvalue weighted by Gasteiger charge is -2.14. The molecule has 0 aromatic rings. The van der Waals surface area contributed by atoms with Crippen molar-refractivity contribution in [3.63, 3.8) is 0 Å². The average molecular weight is 264 g/mol. The summed E-state index contributed by atoms with van der Waals surface area (Å²) >= 11 is 0. The quantitative estimate of drug-likeness (QED) is 0.414. The molecule has 4 N–H and O–H groups in total. The molecule has 0 bridgehead atoms. The lowest BCUT2D eigenvalue weighted by atomic mass is 10.0. The predicted molar refractivity (Wildman–Crippen MR) is 82.5 cm³/mol. The van der Waals surface area contributed by atoms with E-state index in [0.717, 1.165) is 11.3 Å². The summed E-state index contributed by atoms with van der Waals surface area (Å²) in [5.41, 5.74) is 13.7. The maximum Gasteiger partial charge on any atom is 0.111 e. The zero-order chi connectivity index (χ0) is 14.8. The highest BCUT2D eigenvalue weighted by atomic mass is 16.5. The molecule has 0 saturated heterocycles. The summed E-state index contributed by atoms with van der Waals surface area (Å²) in [7, 11) is 3.27. The van der Waals surface area contributed by atoms with E-state index in [4.69, 9.17) is 16.2 Å². The minimum Gasteiger partial charge on any atom is -0.497 e. The molecule has 0 aromatic carbocycles. The SMILES string of the molecule is C=C(/C=C\C(=C/C)C(=NC)C(=NCN)C(C)N)OC. The first kappa shape index (κ1) is 17.3. The van der Waals surface area contributed by atoms with Crippen molar-refractivity contribution < 1.29 is 4.74 Å². The number of nitrogens with two attached hydrogens (primary N) is 2. The van der Waals surface area contributed by atoms with Crippen LogP contribution in [0.15, 0.2) is 46.1 Å². The van der Waals surface area contributed by atoms with Gasteiger partial charge in [0.1, 0.15) is 5.76 Å². The van der Waals surface area contributed by atoms with Crippen LogP contribution >= 0.6 is 0 Å². The van der Waals surface area contributed by atoms with E-state index in [1.54, 1.807) is 20.2 Å². The minimum absolute atomic E-state index is 0.182. The van der Waals surface area contributed by atoms with Crippen molar-refractivity contribution >= 4 is 11.4 Å². The Morgan fingerprint density at radius 3 is 2.42 bits per heavy atom. The van der Waals surface area contributed by atoms with Gasteiger partial charge < -0.3 is 16.2 Å². The van der Waals surface area contributed by atoms with Gasteiger partial charge in [-0.15, -0.1) is 0 Å². The van der Waals surface area contributed by atoms with E-state index in [1.165, 1.54) is 0 Å². The molecule has 1 unspecified atom stereocenters. The van der Waals surface area contributed by atoms with Gasteiger partial charge in [-0.3, -0.25) is 9.98 Å². The summed E-state index contributed by atoms with van der Waals surface area (Å²) in [5, 5.41) is 0. The van der Waals surface area contributed by atoms with Crippen molar-refractivity contribution in [2.24, 2.45) is 21.5 Å². The van der Waals surface area contributed by atoms with Gasteiger partial charge in [0, 0.05) is 13.1 Å². The average Bonchev–Trinajstić information content (AvgIpc) is 2.40. The molecule has 0 heterocycles. The summed E-state index contributed by atoms with van der Waals surface area (Å²) in [4.78, 5) is 8.48. The van der Waals surface area contributed by atoms with Crippen LogP contribution in [0, 0.1) is 0 Å². The molecule has 0 aliphatic rings. The topological polar surface area (TPSA) is 86.0 Å². The van der Waals surface area contributed by atoms with Crippen molar-refractivity contribution in [2.45, 2.75) is 19.9 Å². The van der Waals surface area contributed by atoms with Gasteiger partial charge in [0.05, 0.1) is 25.2 Å². The normalized spacial score (nSPS) is 15.8. The Balaban J connectivity index is 5.39. The van der Waals surface area contributed by atoms with Crippen molar-refractivity contribution in [1.82, 2.24) is 0 Å². The Kier molecular flexibility index (Phi) is 8.41. The van der Waals surface area contributed by atoms with Gasteiger partial charge in [-0.1, -0.05) is 12.7 Å². The van der Waals surface area contributed by atoms with E-state index >= 15 is 0 Å². The Morgan fingerprint density at radius 2 is 2.05 bits per heavy atom. The van der Waals surface area contributed by atoms with Crippen LogP contribution in [0.1, 0.15) is 13.8 Å². The second-order valence-electron chi connectivity index (χ2n) is 3.83. The van der Waals surface area contributed by atoms with E-state index in [9.17, 15) is 0 Å². The lowest BCUT2D eigenvalue weighted by Crippen LogP contribution is -2.35. The zero-order valence-corrected chi connectivity index (χ0v) is 12.2. The summed E-state index contributed by atoms with van der Waals surface area (Å²) in [6, 6.07) is -0.240. The van der Waals surface area contributed by atoms with E-state index < -0.39 is 0 Å². The van der Waals surface area contributed by atoms with Gasteiger partial charge in [0.25, 0.3) is 0 Å². The molecule has 1 atom stereocenters. The summed E-state index contributed by atoms with van der Waals surface area (Å²) in [6.07, 6.45) is 5.56. The number of rotatable bonds is 7. The number of hydrogen-bond donors (Lipinski definition) is 2. The highest BCUT2D eigenvalue weighted by molar-refractivity contribution is 6.50. The molecule has 19 heavy (non-hydrogen) atoms. The molecule has 0 aliphatic heterocycles. The van der Waals surface area contributed by atoms with Crippen LogP contribution in [0.4, 0.5) is 0 Å². The van der Waals surface area contributed by atoms with Crippen LogP contribution in [0.25, 0.3) is 0 Å². The molecule has 0 saturated carbocycles. The first-order valence-electron chi connectivity index (χ1n) is 6.06. The first-order chi connectivity index (χ1) is 9.01. The minimum atomic E-state index is -0.240. The van der Waals surface area contributed by atoms with E-state index in [0.29, 0.717) is 11.5 Å². The molecule has 0 aliphatic carbocycles. The van der Waals surface area contributed by atoms with Crippen LogP contribution < -0.4 is 11.5 Å². The maximum atomic E-state index is 5.91. The van der Waals surface area contributed by atoms with Crippen LogP contribution in [0.2, 0.25) is 0 Å². The number of hydrogen-bond acceptors (Lipinski definition) is 5. The lowest BCUT2D eigenvalue weighted by molar-refractivity contribution is 0.309. The third-order valence-corrected chi connectivity index (χ3v) is 2.45. The molecule has 0 rings (SSSR count). The fraction of sp³-hybridized carbons (Fsp3) is 0.429.